The molecule has 150 valence electrons. The van der Waals surface area contributed by atoms with Crippen LogP contribution in [0, 0.1) is 11.3 Å². The number of unbranched alkanes of at least 4 members (excludes halogenated alkanes) is 9. The van der Waals surface area contributed by atoms with Gasteiger partial charge in [-0.2, -0.15) is 5.26 Å². The normalized spacial score (nSPS) is 13.0. The molecule has 1 atom stereocenters. The van der Waals surface area contributed by atoms with Crippen LogP contribution in [-0.4, -0.2) is 28.0 Å². The van der Waals surface area contributed by atoms with Crippen molar-refractivity contribution in [1.82, 2.24) is 0 Å². The van der Waals surface area contributed by atoms with Crippen molar-refractivity contribution in [2.45, 2.75) is 95.6 Å². The molecule has 0 aliphatic rings. The topological polar surface area (TPSA) is 67.2 Å². The first-order chi connectivity index (χ1) is 12.5. The number of rotatable bonds is 15. The van der Waals surface area contributed by atoms with Crippen LogP contribution < -0.4 is 0 Å². The molecule has 4 nitrogen and oxygen atoms in total. The van der Waals surface area contributed by atoms with E-state index in [4.69, 9.17) is 0 Å². The van der Waals surface area contributed by atoms with Crippen molar-refractivity contribution < 1.29 is 14.3 Å². The summed E-state index contributed by atoms with van der Waals surface area (Å²) in [6.07, 6.45) is 13.3. The van der Waals surface area contributed by atoms with Gasteiger partial charge in [0.2, 0.25) is 4.45 Å². The van der Waals surface area contributed by atoms with E-state index < -0.39 is 4.75 Å². The maximum atomic E-state index is 12.1. The lowest BCUT2D eigenvalue weighted by Crippen LogP contribution is -2.21. The highest BCUT2D eigenvalue weighted by Gasteiger charge is 2.29. The minimum Gasteiger partial charge on any atom is -0.469 e. The van der Waals surface area contributed by atoms with E-state index in [2.05, 4.69) is 17.7 Å². The van der Waals surface area contributed by atoms with Crippen molar-refractivity contribution in [1.29, 1.82) is 5.26 Å². The number of carbonyl (C=O) groups excluding carboxylic acids is 2. The van der Waals surface area contributed by atoms with Crippen molar-refractivity contribution in [3.05, 3.63) is 0 Å². The van der Waals surface area contributed by atoms with Crippen LogP contribution in [0.1, 0.15) is 90.9 Å². The Balaban J connectivity index is 3.69. The fourth-order valence-corrected chi connectivity index (χ4v) is 4.70. The predicted molar refractivity (Wildman–Crippen MR) is 113 cm³/mol. The summed E-state index contributed by atoms with van der Waals surface area (Å²) in [6.45, 7) is 3.95. The Morgan fingerprint density at radius 1 is 1.00 bits per heavy atom. The van der Waals surface area contributed by atoms with E-state index in [0.717, 1.165) is 30.4 Å². The third-order valence-electron chi connectivity index (χ3n) is 4.30. The van der Waals surface area contributed by atoms with Gasteiger partial charge in [0.1, 0.15) is 4.75 Å². The molecular weight excluding hydrogens is 366 g/mol. The summed E-state index contributed by atoms with van der Waals surface area (Å²) >= 11 is 2.33. The molecule has 0 amide bonds. The van der Waals surface area contributed by atoms with E-state index in [-0.39, 0.29) is 16.8 Å². The van der Waals surface area contributed by atoms with Crippen molar-refractivity contribution in [3.8, 4) is 6.07 Å². The van der Waals surface area contributed by atoms with E-state index in [0.29, 0.717) is 6.42 Å². The Labute approximate surface area is 168 Å². The number of carbonyl (C=O) groups is 2. The minimum absolute atomic E-state index is 0.0326. The smallest absolute Gasteiger partial charge is 0.305 e. The average molecular weight is 402 g/mol. The highest BCUT2D eigenvalue weighted by Crippen LogP contribution is 2.34. The van der Waals surface area contributed by atoms with Crippen LogP contribution in [-0.2, 0) is 9.53 Å². The molecule has 6 heteroatoms. The Hall–Kier alpha value is -0.670. The second-order valence-corrected chi connectivity index (χ2v) is 9.60. The zero-order chi connectivity index (χ0) is 19.7. The molecule has 0 bridgehead atoms. The van der Waals surface area contributed by atoms with Gasteiger partial charge >= 0.3 is 5.97 Å². The van der Waals surface area contributed by atoms with Gasteiger partial charge in [-0.05, 0) is 19.8 Å². The van der Waals surface area contributed by atoms with Gasteiger partial charge in [0.25, 0.3) is 0 Å². The second kappa shape index (κ2) is 16.5. The van der Waals surface area contributed by atoms with Crippen LogP contribution >= 0.6 is 23.5 Å². The Morgan fingerprint density at radius 2 is 1.54 bits per heavy atom. The number of esters is 1. The van der Waals surface area contributed by atoms with Gasteiger partial charge in [-0.25, -0.2) is 0 Å². The molecule has 0 spiro atoms. The minimum atomic E-state index is -0.865. The average Bonchev–Trinajstić information content (AvgIpc) is 2.64. The lowest BCUT2D eigenvalue weighted by atomic mass is 10.1. The van der Waals surface area contributed by atoms with E-state index in [1.165, 1.54) is 70.2 Å². The molecule has 0 aliphatic heterocycles. The van der Waals surface area contributed by atoms with Crippen molar-refractivity contribution in [2.75, 3.05) is 12.9 Å². The Morgan fingerprint density at radius 3 is 2.04 bits per heavy atom. The standard InChI is InChI=1S/C20H35NO3S2/c1-4-5-6-7-8-9-10-11-12-13-16-25-19(23)26-20(2,17-21)15-14-18(22)24-3/h4-16H2,1-3H3. The molecular formula is C20H35NO3S2. The molecule has 0 saturated carbocycles. The molecule has 0 fully saturated rings. The molecule has 26 heavy (non-hydrogen) atoms. The molecule has 0 aromatic heterocycles. The monoisotopic (exact) mass is 401 g/mol. The number of methoxy groups -OCH3 is 1. The van der Waals surface area contributed by atoms with Gasteiger partial charge in [0.05, 0.1) is 13.2 Å². The van der Waals surface area contributed by atoms with E-state index >= 15 is 0 Å². The second-order valence-electron chi connectivity index (χ2n) is 6.80. The summed E-state index contributed by atoms with van der Waals surface area (Å²) in [5.41, 5.74) is 0. The van der Waals surface area contributed by atoms with Gasteiger partial charge < -0.3 is 4.74 Å². The molecule has 0 radical (unpaired) electrons. The first-order valence-corrected chi connectivity index (χ1v) is 11.6. The molecule has 0 saturated heterocycles. The summed E-state index contributed by atoms with van der Waals surface area (Å²) in [5.74, 6) is 0.457. The summed E-state index contributed by atoms with van der Waals surface area (Å²) in [6, 6.07) is 2.15. The maximum absolute atomic E-state index is 12.1. The van der Waals surface area contributed by atoms with Gasteiger partial charge in [0.15, 0.2) is 0 Å². The number of nitriles is 1. The number of thioether (sulfide) groups is 2. The first kappa shape index (κ1) is 25.3. The SMILES string of the molecule is CCCCCCCCCCCCSC(=O)SC(C)(C#N)CCC(=O)OC. The number of ether oxygens (including phenoxy) is 1. The summed E-state index contributed by atoms with van der Waals surface area (Å²) < 4.78 is 3.69. The van der Waals surface area contributed by atoms with Crippen LogP contribution in [0.25, 0.3) is 0 Å². The molecule has 0 N–H and O–H groups in total. The highest BCUT2D eigenvalue weighted by atomic mass is 32.2. The highest BCUT2D eigenvalue weighted by molar-refractivity contribution is 8.39. The fraction of sp³-hybridized carbons (Fsp3) is 0.850. The lowest BCUT2D eigenvalue weighted by Gasteiger charge is -2.18. The van der Waals surface area contributed by atoms with Crippen molar-refractivity contribution in [3.63, 3.8) is 0 Å². The Kier molecular flexibility index (Phi) is 16.1. The molecule has 0 aromatic carbocycles. The van der Waals surface area contributed by atoms with E-state index in [9.17, 15) is 14.9 Å². The van der Waals surface area contributed by atoms with Crippen LogP contribution in [0.2, 0.25) is 0 Å². The number of hydrogen-bond donors (Lipinski definition) is 0. The van der Waals surface area contributed by atoms with Gasteiger partial charge in [0, 0.05) is 12.2 Å². The fourth-order valence-electron chi connectivity index (χ4n) is 2.53. The van der Waals surface area contributed by atoms with Crippen molar-refractivity contribution >= 4 is 33.9 Å². The largest absolute Gasteiger partial charge is 0.469 e. The zero-order valence-electron chi connectivity index (χ0n) is 16.7. The molecule has 0 rings (SSSR count). The first-order valence-electron chi connectivity index (χ1n) is 9.81. The quantitative estimate of drug-likeness (QED) is 0.224. The van der Waals surface area contributed by atoms with Crippen LogP contribution in [0.3, 0.4) is 0 Å². The van der Waals surface area contributed by atoms with Crippen LogP contribution in [0.15, 0.2) is 0 Å². The molecule has 1 unspecified atom stereocenters. The number of hydrogen-bond acceptors (Lipinski definition) is 6. The summed E-state index contributed by atoms with van der Waals surface area (Å²) in [5, 5.41) is 9.30. The van der Waals surface area contributed by atoms with Crippen LogP contribution in [0.5, 0.6) is 0 Å². The van der Waals surface area contributed by atoms with Gasteiger partial charge in [-0.3, -0.25) is 9.59 Å². The van der Waals surface area contributed by atoms with Gasteiger partial charge in [-0.15, -0.1) is 0 Å². The van der Waals surface area contributed by atoms with Crippen LogP contribution in [0.4, 0.5) is 4.79 Å². The lowest BCUT2D eigenvalue weighted by molar-refractivity contribution is -0.140. The molecule has 0 aliphatic carbocycles. The van der Waals surface area contributed by atoms with E-state index in [1.807, 2.05) is 0 Å². The third kappa shape index (κ3) is 14.5. The van der Waals surface area contributed by atoms with E-state index in [1.54, 1.807) is 6.92 Å². The molecule has 0 heterocycles. The Bertz CT molecular complexity index is 437. The third-order valence-corrected chi connectivity index (χ3v) is 6.54. The summed E-state index contributed by atoms with van der Waals surface area (Å²) in [4.78, 5) is 23.3. The number of nitrogens with zero attached hydrogens (tertiary/aromatic N) is 1. The van der Waals surface area contributed by atoms with Crippen molar-refractivity contribution in [2.24, 2.45) is 0 Å². The zero-order valence-corrected chi connectivity index (χ0v) is 18.3. The maximum Gasteiger partial charge on any atom is 0.305 e. The molecule has 0 aromatic rings. The summed E-state index contributed by atoms with van der Waals surface area (Å²) in [7, 11) is 1.33. The predicted octanol–water partition coefficient (Wildman–Crippen LogP) is 6.73. The van der Waals surface area contributed by atoms with Gasteiger partial charge in [-0.1, -0.05) is 88.2 Å².